The van der Waals surface area contributed by atoms with Crippen molar-refractivity contribution in [2.24, 2.45) is 5.92 Å². The molecule has 7 heteroatoms. The number of ether oxygens (including phenoxy) is 1. The molecule has 2 fully saturated rings. The summed E-state index contributed by atoms with van der Waals surface area (Å²) in [4.78, 5) is 12.0. The fourth-order valence-corrected chi connectivity index (χ4v) is 3.50. The lowest BCUT2D eigenvalue weighted by Crippen LogP contribution is -2.41. The summed E-state index contributed by atoms with van der Waals surface area (Å²) >= 11 is 1.44. The van der Waals surface area contributed by atoms with E-state index in [0.717, 1.165) is 18.0 Å². The van der Waals surface area contributed by atoms with Gasteiger partial charge in [0, 0.05) is 18.1 Å². The maximum Gasteiger partial charge on any atom is 0.240 e. The molecule has 0 bridgehead atoms. The van der Waals surface area contributed by atoms with E-state index in [2.05, 4.69) is 41.6 Å². The first-order chi connectivity index (χ1) is 10.4. The van der Waals surface area contributed by atoms with Crippen molar-refractivity contribution in [3.8, 4) is 0 Å². The Bertz CT molecular complexity index is 536. The molecule has 1 saturated heterocycles. The minimum atomic E-state index is -0.0712. The molecule has 3 rings (SSSR count). The summed E-state index contributed by atoms with van der Waals surface area (Å²) < 4.78 is 5.77. The molecule has 1 amide bonds. The number of hydrogen-bond donors (Lipinski definition) is 2. The normalized spacial score (nSPS) is 25.4. The van der Waals surface area contributed by atoms with Gasteiger partial charge in [-0.1, -0.05) is 32.1 Å². The smallest absolute Gasteiger partial charge is 0.240 e. The van der Waals surface area contributed by atoms with Crippen LogP contribution in [0.5, 0.6) is 0 Å². The van der Waals surface area contributed by atoms with Crippen LogP contribution >= 0.6 is 11.3 Å². The largest absolute Gasteiger partial charge is 0.376 e. The highest BCUT2D eigenvalue weighted by molar-refractivity contribution is 7.15. The van der Waals surface area contributed by atoms with Crippen molar-refractivity contribution in [2.45, 2.75) is 57.6 Å². The zero-order valence-electron chi connectivity index (χ0n) is 13.4. The predicted octanol–water partition coefficient (Wildman–Crippen LogP) is 1.93. The number of amides is 1. The minimum absolute atomic E-state index is 0.0441. The van der Waals surface area contributed by atoms with Crippen LogP contribution < -0.4 is 10.6 Å². The standard InChI is InChI=1S/C15H24N4O2S/c1-15(2,3)13-18-19-14(22-13)17-11(20)8-16-10-6-7-21-12(10)9-4-5-9/h9-10,12,16H,4-8H2,1-3H3,(H,17,19,20). The molecule has 1 aromatic rings. The molecule has 1 saturated carbocycles. The zero-order chi connectivity index (χ0) is 15.7. The molecule has 2 heterocycles. The third kappa shape index (κ3) is 3.83. The maximum atomic E-state index is 12.0. The Balaban J connectivity index is 1.47. The molecule has 0 radical (unpaired) electrons. The molecule has 2 N–H and O–H groups in total. The van der Waals surface area contributed by atoms with Gasteiger partial charge in [-0.15, -0.1) is 10.2 Å². The molecule has 1 aliphatic heterocycles. The van der Waals surface area contributed by atoms with Crippen molar-refractivity contribution in [1.29, 1.82) is 0 Å². The van der Waals surface area contributed by atoms with Crippen LogP contribution in [0.15, 0.2) is 0 Å². The van der Waals surface area contributed by atoms with Crippen molar-refractivity contribution >= 4 is 22.4 Å². The summed E-state index contributed by atoms with van der Waals surface area (Å²) in [6.45, 7) is 7.34. The van der Waals surface area contributed by atoms with E-state index in [1.807, 2.05) is 0 Å². The fraction of sp³-hybridized carbons (Fsp3) is 0.800. The molecule has 2 unspecified atom stereocenters. The number of nitrogens with zero attached hydrogens (tertiary/aromatic N) is 2. The third-order valence-electron chi connectivity index (χ3n) is 4.06. The zero-order valence-corrected chi connectivity index (χ0v) is 14.2. The third-order valence-corrected chi connectivity index (χ3v) is 5.32. The van der Waals surface area contributed by atoms with Gasteiger partial charge in [0.2, 0.25) is 11.0 Å². The Labute approximate surface area is 135 Å². The van der Waals surface area contributed by atoms with E-state index in [-0.39, 0.29) is 11.3 Å². The van der Waals surface area contributed by atoms with Gasteiger partial charge in [0.25, 0.3) is 0 Å². The highest BCUT2D eigenvalue weighted by atomic mass is 32.1. The fourth-order valence-electron chi connectivity index (χ4n) is 2.68. The Morgan fingerprint density at radius 2 is 2.09 bits per heavy atom. The lowest BCUT2D eigenvalue weighted by Gasteiger charge is -2.18. The van der Waals surface area contributed by atoms with Crippen LogP contribution in [-0.4, -0.2) is 41.4 Å². The van der Waals surface area contributed by atoms with E-state index >= 15 is 0 Å². The first-order valence-electron chi connectivity index (χ1n) is 7.92. The van der Waals surface area contributed by atoms with Gasteiger partial charge in [-0.3, -0.25) is 10.1 Å². The van der Waals surface area contributed by atoms with Crippen LogP contribution in [0.25, 0.3) is 0 Å². The van der Waals surface area contributed by atoms with Crippen LogP contribution in [0.3, 0.4) is 0 Å². The van der Waals surface area contributed by atoms with Gasteiger partial charge in [0.15, 0.2) is 0 Å². The summed E-state index contributed by atoms with van der Waals surface area (Å²) in [5.41, 5.74) is -0.0441. The van der Waals surface area contributed by atoms with E-state index < -0.39 is 0 Å². The van der Waals surface area contributed by atoms with Crippen LogP contribution in [0, 0.1) is 5.92 Å². The minimum Gasteiger partial charge on any atom is -0.376 e. The highest BCUT2D eigenvalue weighted by Gasteiger charge is 2.40. The summed E-state index contributed by atoms with van der Waals surface area (Å²) in [5, 5.41) is 15.8. The van der Waals surface area contributed by atoms with Gasteiger partial charge in [-0.2, -0.15) is 0 Å². The van der Waals surface area contributed by atoms with Gasteiger partial charge in [-0.05, 0) is 25.2 Å². The lowest BCUT2D eigenvalue weighted by molar-refractivity contribution is -0.115. The predicted molar refractivity (Wildman–Crippen MR) is 86.1 cm³/mol. The van der Waals surface area contributed by atoms with Crippen molar-refractivity contribution in [1.82, 2.24) is 15.5 Å². The number of carbonyl (C=O) groups is 1. The molecule has 2 aliphatic rings. The Morgan fingerprint density at radius 3 is 2.73 bits per heavy atom. The topological polar surface area (TPSA) is 76.1 Å². The Kier molecular flexibility index (Phi) is 4.47. The first kappa shape index (κ1) is 15.8. The Morgan fingerprint density at radius 1 is 1.32 bits per heavy atom. The van der Waals surface area contributed by atoms with Gasteiger partial charge in [-0.25, -0.2) is 0 Å². The van der Waals surface area contributed by atoms with Crippen LogP contribution in [0.4, 0.5) is 5.13 Å². The van der Waals surface area contributed by atoms with Crippen LogP contribution in [-0.2, 0) is 14.9 Å². The average molecular weight is 324 g/mol. The lowest BCUT2D eigenvalue weighted by atomic mass is 9.98. The molecular formula is C15H24N4O2S. The van der Waals surface area contributed by atoms with Gasteiger partial charge in [0.1, 0.15) is 5.01 Å². The Hall–Kier alpha value is -1.05. The number of anilines is 1. The molecule has 22 heavy (non-hydrogen) atoms. The SMILES string of the molecule is CC(C)(C)c1nnc(NC(=O)CNC2CCOC2C2CC2)s1. The van der Waals surface area contributed by atoms with Gasteiger partial charge in [0.05, 0.1) is 12.6 Å². The second-order valence-electron chi connectivity index (χ2n) is 7.16. The second-order valence-corrected chi connectivity index (χ2v) is 8.14. The van der Waals surface area contributed by atoms with E-state index in [4.69, 9.17) is 4.74 Å². The van der Waals surface area contributed by atoms with Crippen molar-refractivity contribution in [3.05, 3.63) is 5.01 Å². The molecule has 0 aromatic carbocycles. The summed E-state index contributed by atoms with van der Waals surface area (Å²) in [7, 11) is 0. The highest BCUT2D eigenvalue weighted by Crippen LogP contribution is 2.38. The number of nitrogens with one attached hydrogen (secondary N) is 2. The molecule has 1 aliphatic carbocycles. The van der Waals surface area contributed by atoms with E-state index in [1.165, 1.54) is 24.2 Å². The van der Waals surface area contributed by atoms with E-state index in [9.17, 15) is 4.79 Å². The first-order valence-corrected chi connectivity index (χ1v) is 8.74. The van der Waals surface area contributed by atoms with Crippen LogP contribution in [0.1, 0.15) is 45.0 Å². The second kappa shape index (κ2) is 6.22. The van der Waals surface area contributed by atoms with Gasteiger partial charge < -0.3 is 10.1 Å². The van der Waals surface area contributed by atoms with Gasteiger partial charge >= 0.3 is 0 Å². The van der Waals surface area contributed by atoms with Crippen molar-refractivity contribution in [2.75, 3.05) is 18.5 Å². The maximum absolute atomic E-state index is 12.0. The average Bonchev–Trinajstić information content (AvgIpc) is 2.99. The molecule has 2 atom stereocenters. The molecule has 1 aromatic heterocycles. The van der Waals surface area contributed by atoms with Crippen molar-refractivity contribution < 1.29 is 9.53 Å². The molecular weight excluding hydrogens is 300 g/mol. The summed E-state index contributed by atoms with van der Waals surface area (Å²) in [5.74, 6) is 0.624. The number of hydrogen-bond acceptors (Lipinski definition) is 6. The number of rotatable bonds is 5. The summed E-state index contributed by atoms with van der Waals surface area (Å²) in [6.07, 6.45) is 3.80. The summed E-state index contributed by atoms with van der Waals surface area (Å²) in [6, 6.07) is 0.304. The number of carbonyl (C=O) groups excluding carboxylic acids is 1. The van der Waals surface area contributed by atoms with Crippen LogP contribution in [0.2, 0.25) is 0 Å². The quantitative estimate of drug-likeness (QED) is 0.865. The molecule has 6 nitrogen and oxygen atoms in total. The molecule has 122 valence electrons. The van der Waals surface area contributed by atoms with E-state index in [1.54, 1.807) is 0 Å². The monoisotopic (exact) mass is 324 g/mol. The van der Waals surface area contributed by atoms with E-state index in [0.29, 0.717) is 29.7 Å². The van der Waals surface area contributed by atoms with Crippen molar-refractivity contribution in [3.63, 3.8) is 0 Å². The molecule has 0 spiro atoms. The number of aromatic nitrogens is 2.